The number of hydrogen-bond donors (Lipinski definition) is 0. The molecule has 0 fully saturated rings. The first kappa shape index (κ1) is 16.0. The summed E-state index contributed by atoms with van der Waals surface area (Å²) in [5.74, 6) is -0.847. The lowest BCUT2D eigenvalue weighted by Crippen LogP contribution is -2.48. The first-order valence-corrected chi connectivity index (χ1v) is 8.05. The molecule has 0 aromatic heterocycles. The number of carbonyl (C=O) groups excluding carboxylic acids is 2. The first-order chi connectivity index (χ1) is 10.9. The monoisotopic (exact) mass is 394 g/mol. The van der Waals surface area contributed by atoms with Gasteiger partial charge in [0.2, 0.25) is 5.60 Å². The van der Waals surface area contributed by atoms with E-state index in [1.807, 2.05) is 6.07 Å². The van der Waals surface area contributed by atoms with Crippen molar-refractivity contribution < 1.29 is 19.1 Å². The molecule has 6 heteroatoms. The molecule has 0 aliphatic carbocycles. The van der Waals surface area contributed by atoms with E-state index in [2.05, 4.69) is 15.9 Å². The van der Waals surface area contributed by atoms with Gasteiger partial charge in [-0.2, -0.15) is 0 Å². The number of fused-ring (bicyclic) bond motifs is 1. The third-order valence-corrected chi connectivity index (χ3v) is 4.47. The van der Waals surface area contributed by atoms with Crippen LogP contribution in [0.5, 0.6) is 5.75 Å². The third-order valence-electron chi connectivity index (χ3n) is 3.61. The van der Waals surface area contributed by atoms with Crippen LogP contribution in [0.1, 0.15) is 22.8 Å². The standard InChI is InChI=1S/C17H12BrClO4/c1-17(9-10-4-2-3-5-12(10)15(20)23-17)16(21)22-14-7-6-11(19)8-13(14)18/h2-8H,9H2,1H3/t17-/m0/s1. The molecule has 0 unspecified atom stereocenters. The largest absolute Gasteiger partial charge is 0.443 e. The quantitative estimate of drug-likeness (QED) is 0.565. The molecule has 1 aliphatic rings. The molecule has 23 heavy (non-hydrogen) atoms. The zero-order valence-electron chi connectivity index (χ0n) is 12.1. The van der Waals surface area contributed by atoms with E-state index in [1.165, 1.54) is 0 Å². The van der Waals surface area contributed by atoms with Gasteiger partial charge in [-0.3, -0.25) is 0 Å². The lowest BCUT2D eigenvalue weighted by molar-refractivity contribution is -0.155. The summed E-state index contributed by atoms with van der Waals surface area (Å²) < 4.78 is 11.3. The van der Waals surface area contributed by atoms with E-state index in [0.717, 1.165) is 5.56 Å². The summed E-state index contributed by atoms with van der Waals surface area (Å²) in [6.07, 6.45) is 0.263. The van der Waals surface area contributed by atoms with Crippen LogP contribution in [-0.2, 0) is 16.0 Å². The van der Waals surface area contributed by atoms with Crippen LogP contribution in [0.25, 0.3) is 0 Å². The molecule has 1 heterocycles. The lowest BCUT2D eigenvalue weighted by atomic mass is 9.90. The van der Waals surface area contributed by atoms with E-state index in [1.54, 1.807) is 43.3 Å². The van der Waals surface area contributed by atoms with Crippen LogP contribution < -0.4 is 4.74 Å². The molecular formula is C17H12BrClO4. The van der Waals surface area contributed by atoms with Crippen LogP contribution in [0.3, 0.4) is 0 Å². The van der Waals surface area contributed by atoms with Crippen molar-refractivity contribution in [1.29, 1.82) is 0 Å². The Labute approximate surface area is 146 Å². The number of ether oxygens (including phenoxy) is 2. The third kappa shape index (κ3) is 3.12. The molecule has 0 saturated carbocycles. The fourth-order valence-electron chi connectivity index (χ4n) is 2.41. The minimum absolute atomic E-state index is 0.263. The smallest absolute Gasteiger partial charge is 0.356 e. The highest BCUT2D eigenvalue weighted by Crippen LogP contribution is 2.32. The predicted octanol–water partition coefficient (Wildman–Crippen LogP) is 4.18. The summed E-state index contributed by atoms with van der Waals surface area (Å²) in [7, 11) is 0. The van der Waals surface area contributed by atoms with Gasteiger partial charge >= 0.3 is 11.9 Å². The number of rotatable bonds is 2. The topological polar surface area (TPSA) is 52.6 Å². The van der Waals surface area contributed by atoms with E-state index in [0.29, 0.717) is 20.8 Å². The van der Waals surface area contributed by atoms with Gasteiger partial charge in [-0.25, -0.2) is 9.59 Å². The van der Waals surface area contributed by atoms with Gasteiger partial charge in [0.15, 0.2) is 0 Å². The van der Waals surface area contributed by atoms with Crippen molar-refractivity contribution in [3.05, 3.63) is 63.1 Å². The van der Waals surface area contributed by atoms with E-state index in [-0.39, 0.29) is 6.42 Å². The van der Waals surface area contributed by atoms with Crippen LogP contribution in [0, 0.1) is 0 Å². The zero-order valence-corrected chi connectivity index (χ0v) is 14.5. The van der Waals surface area contributed by atoms with Gasteiger partial charge in [-0.1, -0.05) is 29.8 Å². The van der Waals surface area contributed by atoms with Crippen LogP contribution in [-0.4, -0.2) is 17.5 Å². The summed E-state index contributed by atoms with van der Waals surface area (Å²) in [6.45, 7) is 1.55. The summed E-state index contributed by atoms with van der Waals surface area (Å²) in [6, 6.07) is 11.9. The highest BCUT2D eigenvalue weighted by atomic mass is 79.9. The Kier molecular flexibility index (Phi) is 4.17. The second kappa shape index (κ2) is 5.98. The van der Waals surface area contributed by atoms with Crippen LogP contribution >= 0.6 is 27.5 Å². The normalized spacial score (nSPS) is 19.7. The SMILES string of the molecule is C[C@@]1(C(=O)Oc2ccc(Cl)cc2Br)Cc2ccccc2C(=O)O1. The van der Waals surface area contributed by atoms with Gasteiger partial charge in [0.05, 0.1) is 10.0 Å². The molecule has 1 aliphatic heterocycles. The summed E-state index contributed by atoms with van der Waals surface area (Å²) in [5, 5.41) is 0.515. The number of esters is 2. The van der Waals surface area contributed by atoms with Crippen molar-refractivity contribution in [2.75, 3.05) is 0 Å². The van der Waals surface area contributed by atoms with Crippen LogP contribution in [0.2, 0.25) is 5.02 Å². The molecule has 3 rings (SSSR count). The minimum atomic E-state index is -1.37. The summed E-state index contributed by atoms with van der Waals surface area (Å²) in [5.41, 5.74) is -0.131. The van der Waals surface area contributed by atoms with Gasteiger partial charge < -0.3 is 9.47 Å². The molecule has 0 radical (unpaired) electrons. The Balaban J connectivity index is 1.86. The fraction of sp³-hybridized carbons (Fsp3) is 0.176. The molecule has 118 valence electrons. The fourth-order valence-corrected chi connectivity index (χ4v) is 3.18. The van der Waals surface area contributed by atoms with Crippen molar-refractivity contribution in [1.82, 2.24) is 0 Å². The molecule has 0 N–H and O–H groups in total. The Morgan fingerprint density at radius 1 is 1.30 bits per heavy atom. The molecule has 0 bridgehead atoms. The average Bonchev–Trinajstić information content (AvgIpc) is 2.50. The second-order valence-corrected chi connectivity index (χ2v) is 6.71. The first-order valence-electron chi connectivity index (χ1n) is 6.88. The van der Waals surface area contributed by atoms with Crippen LogP contribution in [0.15, 0.2) is 46.9 Å². The number of halogens is 2. The Morgan fingerprint density at radius 3 is 2.78 bits per heavy atom. The highest BCUT2D eigenvalue weighted by molar-refractivity contribution is 9.10. The Bertz CT molecular complexity index is 805. The van der Waals surface area contributed by atoms with Crippen molar-refractivity contribution >= 4 is 39.5 Å². The summed E-state index contributed by atoms with van der Waals surface area (Å²) >= 11 is 9.15. The van der Waals surface area contributed by atoms with Crippen molar-refractivity contribution in [2.24, 2.45) is 0 Å². The van der Waals surface area contributed by atoms with Crippen LogP contribution in [0.4, 0.5) is 0 Å². The molecule has 2 aromatic carbocycles. The molecule has 0 spiro atoms. The van der Waals surface area contributed by atoms with E-state index < -0.39 is 17.5 Å². The van der Waals surface area contributed by atoms with E-state index in [4.69, 9.17) is 21.1 Å². The number of cyclic esters (lactones) is 1. The van der Waals surface area contributed by atoms with E-state index >= 15 is 0 Å². The molecule has 0 amide bonds. The Morgan fingerprint density at radius 2 is 2.04 bits per heavy atom. The van der Waals surface area contributed by atoms with Crippen molar-refractivity contribution in [2.45, 2.75) is 18.9 Å². The minimum Gasteiger partial charge on any atom is -0.443 e. The van der Waals surface area contributed by atoms with E-state index in [9.17, 15) is 9.59 Å². The average molecular weight is 396 g/mol. The second-order valence-electron chi connectivity index (χ2n) is 5.42. The van der Waals surface area contributed by atoms with Gasteiger partial charge in [0, 0.05) is 11.4 Å². The molecule has 0 saturated heterocycles. The number of benzene rings is 2. The zero-order chi connectivity index (χ0) is 16.6. The predicted molar refractivity (Wildman–Crippen MR) is 88.8 cm³/mol. The van der Waals surface area contributed by atoms with Crippen molar-refractivity contribution in [3.63, 3.8) is 0 Å². The van der Waals surface area contributed by atoms with Gasteiger partial charge in [0.1, 0.15) is 5.75 Å². The van der Waals surface area contributed by atoms with Crippen molar-refractivity contribution in [3.8, 4) is 5.75 Å². The number of hydrogen-bond acceptors (Lipinski definition) is 4. The Hall–Kier alpha value is -1.85. The maximum atomic E-state index is 12.5. The molecule has 4 nitrogen and oxygen atoms in total. The summed E-state index contributed by atoms with van der Waals surface area (Å²) in [4.78, 5) is 24.6. The molecule has 2 aromatic rings. The van der Waals surface area contributed by atoms with Gasteiger partial charge in [0.25, 0.3) is 0 Å². The lowest BCUT2D eigenvalue weighted by Gasteiger charge is -2.32. The molecule has 1 atom stereocenters. The highest BCUT2D eigenvalue weighted by Gasteiger charge is 2.44. The van der Waals surface area contributed by atoms with Gasteiger partial charge in [-0.15, -0.1) is 0 Å². The van der Waals surface area contributed by atoms with Gasteiger partial charge in [-0.05, 0) is 52.7 Å². The molecular weight excluding hydrogens is 384 g/mol. The maximum absolute atomic E-state index is 12.5. The maximum Gasteiger partial charge on any atom is 0.356 e. The number of carbonyl (C=O) groups is 2.